The maximum absolute atomic E-state index is 13.1. The van der Waals surface area contributed by atoms with Gasteiger partial charge in [-0.25, -0.2) is 9.82 Å². The van der Waals surface area contributed by atoms with Crippen LogP contribution in [0.5, 0.6) is 0 Å². The van der Waals surface area contributed by atoms with Gasteiger partial charge in [-0.2, -0.15) is 0 Å². The zero-order valence-electron chi connectivity index (χ0n) is 6.47. The fourth-order valence-electron chi connectivity index (χ4n) is 1.23. The predicted molar refractivity (Wildman–Crippen MR) is 45.5 cm³/mol. The Balaban J connectivity index is 2.39. The number of hydrazine groups is 1. The van der Waals surface area contributed by atoms with Crippen LogP contribution in [-0.2, 0) is 0 Å². The lowest BCUT2D eigenvalue weighted by atomic mass is 10.1. The van der Waals surface area contributed by atoms with Crippen LogP contribution in [0.4, 0.5) is 4.39 Å². The van der Waals surface area contributed by atoms with Crippen LogP contribution in [0.3, 0.4) is 0 Å². The lowest BCUT2D eigenvalue weighted by Gasteiger charge is -2.00. The molecule has 1 aromatic rings. The second-order valence-corrected chi connectivity index (χ2v) is 2.65. The molecule has 0 spiro atoms. The molecular formula is C9H9FN2. The number of hydrogen-bond acceptors (Lipinski definition) is 2. The zero-order valence-corrected chi connectivity index (χ0v) is 6.47. The predicted octanol–water partition coefficient (Wildman–Crippen LogP) is 1.27. The largest absolute Gasteiger partial charge is 0.328 e. The molecular weight excluding hydrogens is 155 g/mol. The quantitative estimate of drug-likeness (QED) is 0.653. The van der Waals surface area contributed by atoms with Crippen LogP contribution in [0.25, 0.3) is 5.57 Å². The molecule has 0 radical (unpaired) electrons. The van der Waals surface area contributed by atoms with Gasteiger partial charge < -0.3 is 5.43 Å². The lowest BCUT2D eigenvalue weighted by molar-refractivity contribution is 0.623. The van der Waals surface area contributed by atoms with Gasteiger partial charge in [0.2, 0.25) is 0 Å². The SMILES string of the molecule is Fc1ccccc1C1=CNNC1. The zero-order chi connectivity index (χ0) is 8.39. The summed E-state index contributed by atoms with van der Waals surface area (Å²) in [6.07, 6.45) is 1.78. The molecule has 62 valence electrons. The Morgan fingerprint density at radius 1 is 1.25 bits per heavy atom. The molecule has 0 saturated carbocycles. The molecule has 1 aliphatic heterocycles. The summed E-state index contributed by atoms with van der Waals surface area (Å²) in [4.78, 5) is 0. The summed E-state index contributed by atoms with van der Waals surface area (Å²) in [7, 11) is 0. The number of hydrogen-bond donors (Lipinski definition) is 2. The highest BCUT2D eigenvalue weighted by molar-refractivity contribution is 5.68. The Hall–Kier alpha value is -1.35. The van der Waals surface area contributed by atoms with Crippen molar-refractivity contribution in [1.82, 2.24) is 10.9 Å². The smallest absolute Gasteiger partial charge is 0.130 e. The van der Waals surface area contributed by atoms with E-state index in [1.54, 1.807) is 18.3 Å². The fraction of sp³-hybridized carbons (Fsp3) is 0.111. The number of rotatable bonds is 1. The molecule has 0 amide bonds. The minimum absolute atomic E-state index is 0.172. The van der Waals surface area contributed by atoms with Gasteiger partial charge in [-0.15, -0.1) is 0 Å². The molecule has 1 heterocycles. The molecule has 0 atom stereocenters. The topological polar surface area (TPSA) is 24.1 Å². The third kappa shape index (κ3) is 1.19. The second kappa shape index (κ2) is 2.95. The van der Waals surface area contributed by atoms with E-state index in [0.717, 1.165) is 5.57 Å². The van der Waals surface area contributed by atoms with Gasteiger partial charge in [0.25, 0.3) is 0 Å². The number of benzene rings is 1. The van der Waals surface area contributed by atoms with Crippen LogP contribution < -0.4 is 10.9 Å². The molecule has 2 N–H and O–H groups in total. The third-order valence-electron chi connectivity index (χ3n) is 1.85. The van der Waals surface area contributed by atoms with E-state index < -0.39 is 0 Å². The van der Waals surface area contributed by atoms with Crippen molar-refractivity contribution in [1.29, 1.82) is 0 Å². The molecule has 0 saturated heterocycles. The van der Waals surface area contributed by atoms with Gasteiger partial charge in [0.05, 0.1) is 0 Å². The summed E-state index contributed by atoms with van der Waals surface area (Å²) in [6, 6.07) is 6.76. The van der Waals surface area contributed by atoms with E-state index in [9.17, 15) is 4.39 Å². The minimum Gasteiger partial charge on any atom is -0.328 e. The van der Waals surface area contributed by atoms with Crippen molar-refractivity contribution in [2.75, 3.05) is 6.54 Å². The highest BCUT2D eigenvalue weighted by Crippen LogP contribution is 2.17. The molecule has 0 unspecified atom stereocenters. The monoisotopic (exact) mass is 164 g/mol. The van der Waals surface area contributed by atoms with E-state index >= 15 is 0 Å². The summed E-state index contributed by atoms with van der Waals surface area (Å²) >= 11 is 0. The van der Waals surface area contributed by atoms with Crippen LogP contribution in [0.1, 0.15) is 5.56 Å². The van der Waals surface area contributed by atoms with Gasteiger partial charge in [-0.05, 0) is 11.6 Å². The third-order valence-corrected chi connectivity index (χ3v) is 1.85. The van der Waals surface area contributed by atoms with Crippen LogP contribution >= 0.6 is 0 Å². The average molecular weight is 164 g/mol. The van der Waals surface area contributed by atoms with E-state index in [4.69, 9.17) is 0 Å². The van der Waals surface area contributed by atoms with Crippen molar-refractivity contribution in [3.63, 3.8) is 0 Å². The Morgan fingerprint density at radius 3 is 2.75 bits per heavy atom. The van der Waals surface area contributed by atoms with Gasteiger partial charge in [0.15, 0.2) is 0 Å². The van der Waals surface area contributed by atoms with Crippen molar-refractivity contribution in [3.8, 4) is 0 Å². The van der Waals surface area contributed by atoms with Crippen molar-refractivity contribution in [2.24, 2.45) is 0 Å². The van der Waals surface area contributed by atoms with E-state index in [2.05, 4.69) is 10.9 Å². The summed E-state index contributed by atoms with van der Waals surface area (Å²) in [5.74, 6) is -0.172. The van der Waals surface area contributed by atoms with E-state index in [1.807, 2.05) is 6.07 Å². The van der Waals surface area contributed by atoms with E-state index in [-0.39, 0.29) is 5.82 Å². The molecule has 2 nitrogen and oxygen atoms in total. The fourth-order valence-corrected chi connectivity index (χ4v) is 1.23. The molecule has 12 heavy (non-hydrogen) atoms. The molecule has 0 aliphatic carbocycles. The highest BCUT2D eigenvalue weighted by atomic mass is 19.1. The second-order valence-electron chi connectivity index (χ2n) is 2.65. The van der Waals surface area contributed by atoms with Crippen LogP contribution in [-0.4, -0.2) is 6.54 Å². The van der Waals surface area contributed by atoms with E-state index in [1.165, 1.54) is 6.07 Å². The Labute approximate surface area is 70.1 Å². The summed E-state index contributed by atoms with van der Waals surface area (Å²) in [5, 5.41) is 0. The molecule has 0 bridgehead atoms. The highest BCUT2D eigenvalue weighted by Gasteiger charge is 2.09. The first kappa shape index (κ1) is 7.31. The number of nitrogens with one attached hydrogen (secondary N) is 2. The van der Waals surface area contributed by atoms with Crippen molar-refractivity contribution in [3.05, 3.63) is 41.8 Å². The Kier molecular flexibility index (Phi) is 1.80. The normalized spacial score (nSPS) is 15.6. The Morgan fingerprint density at radius 2 is 2.08 bits per heavy atom. The molecule has 1 aliphatic rings. The van der Waals surface area contributed by atoms with Crippen molar-refractivity contribution < 1.29 is 4.39 Å². The maximum Gasteiger partial charge on any atom is 0.130 e. The summed E-state index contributed by atoms with van der Waals surface area (Å²) in [5.41, 5.74) is 7.32. The minimum atomic E-state index is -0.172. The van der Waals surface area contributed by atoms with E-state index in [0.29, 0.717) is 12.1 Å². The van der Waals surface area contributed by atoms with Crippen LogP contribution in [0.15, 0.2) is 30.5 Å². The Bertz CT molecular complexity index is 320. The maximum atomic E-state index is 13.1. The average Bonchev–Trinajstić information content (AvgIpc) is 2.57. The van der Waals surface area contributed by atoms with Crippen molar-refractivity contribution >= 4 is 5.57 Å². The lowest BCUT2D eigenvalue weighted by Crippen LogP contribution is -2.20. The first-order chi connectivity index (χ1) is 5.88. The summed E-state index contributed by atoms with van der Waals surface area (Å²) < 4.78 is 13.1. The summed E-state index contributed by atoms with van der Waals surface area (Å²) in [6.45, 7) is 0.668. The first-order valence-corrected chi connectivity index (χ1v) is 3.80. The standard InChI is InChI=1S/C9H9FN2/c10-9-4-2-1-3-8(9)7-5-11-12-6-7/h1-5,11-12H,6H2. The molecule has 3 heteroatoms. The van der Waals surface area contributed by atoms with Gasteiger partial charge in [0, 0.05) is 18.3 Å². The molecule has 0 fully saturated rings. The van der Waals surface area contributed by atoms with Gasteiger partial charge in [-0.1, -0.05) is 18.2 Å². The van der Waals surface area contributed by atoms with Crippen molar-refractivity contribution in [2.45, 2.75) is 0 Å². The molecule has 1 aromatic carbocycles. The van der Waals surface area contributed by atoms with Gasteiger partial charge in [-0.3, -0.25) is 0 Å². The first-order valence-electron chi connectivity index (χ1n) is 3.80. The van der Waals surface area contributed by atoms with Gasteiger partial charge in [0.1, 0.15) is 5.82 Å². The molecule has 2 rings (SSSR count). The number of halogens is 1. The van der Waals surface area contributed by atoms with Gasteiger partial charge >= 0.3 is 0 Å². The molecule has 0 aromatic heterocycles. The van der Waals surface area contributed by atoms with Crippen LogP contribution in [0, 0.1) is 5.82 Å². The van der Waals surface area contributed by atoms with Crippen LogP contribution in [0.2, 0.25) is 0 Å².